The summed E-state index contributed by atoms with van der Waals surface area (Å²) < 4.78 is 1.15. The number of likely N-dealkylation sites (N-methyl/N-ethyl adjacent to an activating group) is 1. The summed E-state index contributed by atoms with van der Waals surface area (Å²) in [5.74, 6) is 0. The van der Waals surface area contributed by atoms with Crippen LogP contribution in [-0.4, -0.2) is 24.5 Å². The molecule has 0 saturated heterocycles. The molecule has 0 fully saturated rings. The quantitative estimate of drug-likeness (QED) is 0.921. The minimum atomic E-state index is 0.273. The van der Waals surface area contributed by atoms with E-state index in [1.54, 1.807) is 0 Å². The van der Waals surface area contributed by atoms with Crippen LogP contribution in [0.2, 0.25) is 0 Å². The highest BCUT2D eigenvalue weighted by molar-refractivity contribution is 9.10. The van der Waals surface area contributed by atoms with Crippen LogP contribution >= 0.6 is 15.9 Å². The molecule has 0 aliphatic heterocycles. The lowest BCUT2D eigenvalue weighted by Gasteiger charge is -2.31. The number of benzene rings is 1. The van der Waals surface area contributed by atoms with Crippen LogP contribution in [-0.2, 0) is 0 Å². The molecule has 0 aromatic heterocycles. The van der Waals surface area contributed by atoms with Crippen LogP contribution in [0.5, 0.6) is 0 Å². The highest BCUT2D eigenvalue weighted by Gasteiger charge is 2.19. The number of nitrogens with zero attached hydrogens (tertiary/aromatic N) is 1. The molecule has 90 valence electrons. The number of hydrogen-bond donors (Lipinski definition) is 1. The van der Waals surface area contributed by atoms with Crippen molar-refractivity contribution in [1.82, 2.24) is 4.90 Å². The number of halogens is 1. The lowest BCUT2D eigenvalue weighted by molar-refractivity contribution is 0.200. The van der Waals surface area contributed by atoms with E-state index in [1.807, 2.05) is 0 Å². The van der Waals surface area contributed by atoms with Crippen LogP contribution in [0.4, 0.5) is 0 Å². The molecule has 0 aliphatic carbocycles. The van der Waals surface area contributed by atoms with E-state index in [1.165, 1.54) is 11.1 Å². The van der Waals surface area contributed by atoms with Gasteiger partial charge in [0.05, 0.1) is 0 Å². The highest BCUT2D eigenvalue weighted by Crippen LogP contribution is 2.28. The van der Waals surface area contributed by atoms with Crippen LogP contribution in [0.25, 0.3) is 0 Å². The van der Waals surface area contributed by atoms with Crippen LogP contribution in [0, 0.1) is 6.92 Å². The van der Waals surface area contributed by atoms with Crippen LogP contribution in [0.1, 0.15) is 31.0 Å². The van der Waals surface area contributed by atoms with E-state index in [9.17, 15) is 0 Å². The molecule has 0 bridgehead atoms. The van der Waals surface area contributed by atoms with E-state index in [-0.39, 0.29) is 6.04 Å². The third-order valence-electron chi connectivity index (χ3n) is 3.04. The topological polar surface area (TPSA) is 29.3 Å². The predicted molar refractivity (Wildman–Crippen MR) is 73.6 cm³/mol. The fourth-order valence-electron chi connectivity index (χ4n) is 1.77. The van der Waals surface area contributed by atoms with Crippen molar-refractivity contribution < 1.29 is 0 Å². The molecule has 1 aromatic carbocycles. The summed E-state index contributed by atoms with van der Waals surface area (Å²) in [4.78, 5) is 2.30. The van der Waals surface area contributed by atoms with Crippen molar-refractivity contribution in [3.05, 3.63) is 33.8 Å². The second-order valence-electron chi connectivity index (χ2n) is 4.54. The van der Waals surface area contributed by atoms with Gasteiger partial charge in [0.25, 0.3) is 0 Å². The fraction of sp³-hybridized carbons (Fsp3) is 0.538. The molecular formula is C13H21BrN2. The molecule has 0 aliphatic rings. The first-order chi connectivity index (χ1) is 7.47. The molecule has 0 spiro atoms. The molecule has 0 amide bonds. The van der Waals surface area contributed by atoms with Gasteiger partial charge in [-0.15, -0.1) is 0 Å². The highest BCUT2D eigenvalue weighted by atomic mass is 79.9. The molecule has 2 N–H and O–H groups in total. The molecule has 0 radical (unpaired) electrons. The van der Waals surface area contributed by atoms with Crippen LogP contribution < -0.4 is 5.73 Å². The smallest absolute Gasteiger partial charge is 0.0481 e. The van der Waals surface area contributed by atoms with E-state index < -0.39 is 0 Å². The normalized spacial score (nSPS) is 13.5. The number of aryl methyl sites for hydroxylation is 1. The minimum absolute atomic E-state index is 0.273. The Morgan fingerprint density at radius 1 is 1.38 bits per heavy atom. The van der Waals surface area contributed by atoms with Gasteiger partial charge in [-0.3, -0.25) is 4.90 Å². The van der Waals surface area contributed by atoms with Gasteiger partial charge in [0.1, 0.15) is 0 Å². The number of rotatable bonds is 4. The summed E-state index contributed by atoms with van der Waals surface area (Å²) in [7, 11) is 2.12. The maximum atomic E-state index is 5.89. The fourth-order valence-corrected chi connectivity index (χ4v) is 2.53. The third-order valence-corrected chi connectivity index (χ3v) is 3.73. The molecule has 16 heavy (non-hydrogen) atoms. The Labute approximate surface area is 107 Å². The van der Waals surface area contributed by atoms with E-state index >= 15 is 0 Å². The predicted octanol–water partition coefficient (Wildman–Crippen LogP) is 3.10. The van der Waals surface area contributed by atoms with Crippen molar-refractivity contribution in [1.29, 1.82) is 0 Å². The summed E-state index contributed by atoms with van der Waals surface area (Å²) in [6, 6.07) is 7.20. The van der Waals surface area contributed by atoms with Crippen molar-refractivity contribution in [3.63, 3.8) is 0 Å². The number of hydrogen-bond acceptors (Lipinski definition) is 2. The van der Waals surface area contributed by atoms with Crippen molar-refractivity contribution >= 4 is 15.9 Å². The second kappa shape index (κ2) is 5.80. The molecule has 1 unspecified atom stereocenters. The summed E-state index contributed by atoms with van der Waals surface area (Å²) >= 11 is 3.62. The van der Waals surface area contributed by atoms with Gasteiger partial charge in [0, 0.05) is 23.1 Å². The zero-order valence-electron chi connectivity index (χ0n) is 10.5. The SMILES string of the molecule is Cc1ccc(C(CN)N(C)C(C)C)c(Br)c1. The average Bonchev–Trinajstić information content (AvgIpc) is 2.21. The van der Waals surface area contributed by atoms with Gasteiger partial charge in [-0.1, -0.05) is 28.1 Å². The average molecular weight is 285 g/mol. The van der Waals surface area contributed by atoms with Crippen LogP contribution in [0.15, 0.2) is 22.7 Å². The van der Waals surface area contributed by atoms with Crippen molar-refractivity contribution in [3.8, 4) is 0 Å². The molecular weight excluding hydrogens is 264 g/mol. The third kappa shape index (κ3) is 3.06. The Morgan fingerprint density at radius 2 is 2.00 bits per heavy atom. The van der Waals surface area contributed by atoms with E-state index in [0.717, 1.165) is 4.47 Å². The monoisotopic (exact) mass is 284 g/mol. The Balaban J connectivity index is 3.04. The van der Waals surface area contributed by atoms with Crippen molar-refractivity contribution in [2.24, 2.45) is 5.73 Å². The molecule has 0 saturated carbocycles. The molecule has 1 aromatic rings. The Bertz CT molecular complexity index is 350. The zero-order chi connectivity index (χ0) is 12.3. The number of nitrogens with two attached hydrogens (primary N) is 1. The van der Waals surface area contributed by atoms with Crippen LogP contribution in [0.3, 0.4) is 0 Å². The maximum absolute atomic E-state index is 5.89. The van der Waals surface area contributed by atoms with Gasteiger partial charge in [0.2, 0.25) is 0 Å². The van der Waals surface area contributed by atoms with Gasteiger partial charge < -0.3 is 5.73 Å². The standard InChI is InChI=1S/C13H21BrN2/c1-9(2)16(4)13(8-15)11-6-5-10(3)7-12(11)14/h5-7,9,13H,8,15H2,1-4H3. The van der Waals surface area contributed by atoms with E-state index in [2.05, 4.69) is 66.8 Å². The molecule has 3 heteroatoms. The summed E-state index contributed by atoms with van der Waals surface area (Å²) in [5, 5.41) is 0. The maximum Gasteiger partial charge on any atom is 0.0481 e. The summed E-state index contributed by atoms with van der Waals surface area (Å²) in [5.41, 5.74) is 8.42. The summed E-state index contributed by atoms with van der Waals surface area (Å²) in [6.45, 7) is 7.10. The first-order valence-electron chi connectivity index (χ1n) is 5.65. The Hall–Kier alpha value is -0.380. The van der Waals surface area contributed by atoms with E-state index in [0.29, 0.717) is 12.6 Å². The lowest BCUT2D eigenvalue weighted by atomic mass is 10.0. The summed E-state index contributed by atoms with van der Waals surface area (Å²) in [6.07, 6.45) is 0. The first kappa shape index (κ1) is 13.7. The van der Waals surface area contributed by atoms with E-state index in [4.69, 9.17) is 5.73 Å². The van der Waals surface area contributed by atoms with Gasteiger partial charge in [0.15, 0.2) is 0 Å². The van der Waals surface area contributed by atoms with Gasteiger partial charge in [-0.05, 0) is 45.0 Å². The van der Waals surface area contributed by atoms with Crippen molar-refractivity contribution in [2.75, 3.05) is 13.6 Å². The molecule has 1 rings (SSSR count). The molecule has 0 heterocycles. The second-order valence-corrected chi connectivity index (χ2v) is 5.39. The Morgan fingerprint density at radius 3 is 2.44 bits per heavy atom. The van der Waals surface area contributed by atoms with Gasteiger partial charge >= 0.3 is 0 Å². The van der Waals surface area contributed by atoms with Crippen molar-refractivity contribution in [2.45, 2.75) is 32.9 Å². The Kier molecular flexibility index (Phi) is 4.96. The lowest BCUT2D eigenvalue weighted by Crippen LogP contribution is -2.35. The van der Waals surface area contributed by atoms with Gasteiger partial charge in [-0.2, -0.15) is 0 Å². The molecule has 1 atom stereocenters. The molecule has 2 nitrogen and oxygen atoms in total. The first-order valence-corrected chi connectivity index (χ1v) is 6.44. The minimum Gasteiger partial charge on any atom is -0.329 e. The zero-order valence-corrected chi connectivity index (χ0v) is 12.1. The van der Waals surface area contributed by atoms with Gasteiger partial charge in [-0.25, -0.2) is 0 Å². The largest absolute Gasteiger partial charge is 0.329 e.